The van der Waals surface area contributed by atoms with Gasteiger partial charge in [0.25, 0.3) is 0 Å². The minimum atomic E-state index is -1.80. The lowest BCUT2D eigenvalue weighted by molar-refractivity contribution is -0.359. The SMILES string of the molecule is C/C=C/CC/C=C/CC/C=C/C(O)C(COC1OC(CO)C(OC2OC(CO)C(O)C(O)C2O)C(O)C1O)NC(=O)CCCCCCCCCC/C=C\C/C=C\C/C=C\C/C=C\C/C=C\C/C=C\C/C=C\C/C=C\C/C=C\C/C=C\CC. The molecular formula is C68H107NO13. The Kier molecular flexibility index (Phi) is 45.9. The van der Waals surface area contributed by atoms with E-state index in [4.69, 9.17) is 18.9 Å². The number of unbranched alkanes of at least 4 members (excludes halogenated alkanes) is 10. The van der Waals surface area contributed by atoms with Crippen molar-refractivity contribution in [2.75, 3.05) is 19.8 Å². The molecule has 12 atom stereocenters. The third kappa shape index (κ3) is 35.7. The summed E-state index contributed by atoms with van der Waals surface area (Å²) in [5.41, 5.74) is 0. The maximum absolute atomic E-state index is 13.2. The van der Waals surface area contributed by atoms with Crippen LogP contribution < -0.4 is 5.32 Å². The minimum absolute atomic E-state index is 0.248. The van der Waals surface area contributed by atoms with Crippen LogP contribution in [0.25, 0.3) is 0 Å². The van der Waals surface area contributed by atoms with Crippen LogP contribution in [0.15, 0.2) is 158 Å². The molecule has 0 aliphatic carbocycles. The standard InChI is InChI=1S/C68H107NO13/c1-3-5-7-9-11-13-14-15-16-17-18-19-20-21-22-23-24-25-26-27-28-29-30-31-32-33-34-35-36-37-38-39-40-41-42-44-46-48-50-52-60(73)69-56(57(72)51-49-47-45-43-12-10-8-6-4-2)55-79-67-65(78)63(76)66(59(54-71)81-67)82-68-64(77)62(75)61(74)58(53-70)80-68/h4-7,11-13,15-16,18-19,21-22,24-25,27-28,30-31,33-34,36-37,43,49,51,56-59,61-68,70-72,74-78H,3,8-10,14,17,20,23,26,29,32,35,38-42,44-48,50,52-55H2,1-2H3,(H,69,73)/b6-4+,7-5-,13-11-,16-15-,19-18-,22-21-,25-24-,28-27-,31-30-,34-33-,37-36-,43-12+,51-49+. The first-order valence-electron chi connectivity index (χ1n) is 30.7. The van der Waals surface area contributed by atoms with Crippen molar-refractivity contribution < 1.29 is 64.6 Å². The number of aliphatic hydroxyl groups excluding tert-OH is 8. The van der Waals surface area contributed by atoms with Gasteiger partial charge in [0.1, 0.15) is 48.8 Å². The topological polar surface area (TPSA) is 228 Å². The van der Waals surface area contributed by atoms with E-state index in [1.165, 1.54) is 19.3 Å². The van der Waals surface area contributed by atoms with E-state index < -0.39 is 86.8 Å². The second-order valence-electron chi connectivity index (χ2n) is 20.7. The Labute approximate surface area is 493 Å². The maximum atomic E-state index is 13.2. The maximum Gasteiger partial charge on any atom is 0.220 e. The molecule has 2 aliphatic rings. The van der Waals surface area contributed by atoms with Crippen molar-refractivity contribution in [3.8, 4) is 0 Å². The molecule has 0 saturated carbocycles. The Bertz CT molecular complexity index is 1980. The number of rotatable bonds is 46. The van der Waals surface area contributed by atoms with E-state index in [1.54, 1.807) is 6.08 Å². The van der Waals surface area contributed by atoms with Gasteiger partial charge in [0, 0.05) is 6.42 Å². The highest BCUT2D eigenvalue weighted by Gasteiger charge is 2.51. The van der Waals surface area contributed by atoms with Crippen molar-refractivity contribution in [1.29, 1.82) is 0 Å². The summed E-state index contributed by atoms with van der Waals surface area (Å²) in [5, 5.41) is 86.7. The zero-order valence-corrected chi connectivity index (χ0v) is 49.7. The molecule has 9 N–H and O–H groups in total. The first-order valence-corrected chi connectivity index (χ1v) is 30.7. The Morgan fingerprint density at radius 2 is 0.866 bits per heavy atom. The summed E-state index contributed by atoms with van der Waals surface area (Å²) < 4.78 is 22.7. The lowest BCUT2D eigenvalue weighted by Crippen LogP contribution is -2.65. The number of hydrogen-bond donors (Lipinski definition) is 9. The van der Waals surface area contributed by atoms with Crippen LogP contribution in [0.1, 0.15) is 168 Å². The molecule has 0 bridgehead atoms. The van der Waals surface area contributed by atoms with Crippen LogP contribution in [-0.4, -0.2) is 140 Å². The number of carbonyl (C=O) groups excluding carboxylic acids is 1. The largest absolute Gasteiger partial charge is 0.394 e. The van der Waals surface area contributed by atoms with E-state index >= 15 is 0 Å². The van der Waals surface area contributed by atoms with Crippen molar-refractivity contribution >= 4 is 5.91 Å². The number of carbonyl (C=O) groups is 1. The van der Waals surface area contributed by atoms with Crippen LogP contribution in [0.4, 0.5) is 0 Å². The molecule has 2 heterocycles. The van der Waals surface area contributed by atoms with Crippen LogP contribution in [0, 0.1) is 0 Å². The Morgan fingerprint density at radius 3 is 1.34 bits per heavy atom. The lowest BCUT2D eigenvalue weighted by Gasteiger charge is -2.46. The van der Waals surface area contributed by atoms with Gasteiger partial charge in [-0.25, -0.2) is 0 Å². The van der Waals surface area contributed by atoms with Gasteiger partial charge < -0.3 is 65.1 Å². The molecule has 14 nitrogen and oxygen atoms in total. The molecule has 2 rings (SSSR count). The quantitative estimate of drug-likeness (QED) is 0.0204. The first-order chi connectivity index (χ1) is 40.1. The van der Waals surface area contributed by atoms with Crippen molar-refractivity contribution in [1.82, 2.24) is 5.32 Å². The summed E-state index contributed by atoms with van der Waals surface area (Å²) in [7, 11) is 0. The first kappa shape index (κ1) is 73.7. The van der Waals surface area contributed by atoms with Crippen LogP contribution >= 0.6 is 0 Å². The Morgan fingerprint density at radius 1 is 0.463 bits per heavy atom. The zero-order valence-electron chi connectivity index (χ0n) is 49.7. The normalized spacial score (nSPS) is 25.1. The van der Waals surface area contributed by atoms with Gasteiger partial charge in [0.05, 0.1) is 32.0 Å². The molecule has 82 heavy (non-hydrogen) atoms. The highest BCUT2D eigenvalue weighted by molar-refractivity contribution is 5.76. The van der Waals surface area contributed by atoms with Crippen molar-refractivity contribution in [2.24, 2.45) is 0 Å². The summed E-state index contributed by atoms with van der Waals surface area (Å²) in [6.07, 6.45) is 61.9. The third-order valence-electron chi connectivity index (χ3n) is 13.8. The van der Waals surface area contributed by atoms with E-state index in [0.29, 0.717) is 12.8 Å². The molecule has 0 radical (unpaired) electrons. The molecule has 0 spiro atoms. The summed E-state index contributed by atoms with van der Waals surface area (Å²) >= 11 is 0. The third-order valence-corrected chi connectivity index (χ3v) is 13.8. The Hall–Kier alpha value is -4.39. The Balaban J connectivity index is 1.61. The highest BCUT2D eigenvalue weighted by atomic mass is 16.7. The minimum Gasteiger partial charge on any atom is -0.394 e. The molecule has 12 unspecified atom stereocenters. The van der Waals surface area contributed by atoms with Gasteiger partial charge >= 0.3 is 0 Å². The molecule has 462 valence electrons. The van der Waals surface area contributed by atoms with Crippen LogP contribution in [-0.2, 0) is 23.7 Å². The van der Waals surface area contributed by atoms with Gasteiger partial charge in [-0.15, -0.1) is 0 Å². The molecule has 2 fully saturated rings. The number of allylic oxidation sites excluding steroid dienone is 25. The zero-order chi connectivity index (χ0) is 59.5. The van der Waals surface area contributed by atoms with Gasteiger partial charge in [-0.1, -0.05) is 203 Å². The predicted molar refractivity (Wildman–Crippen MR) is 331 cm³/mol. The predicted octanol–water partition coefficient (Wildman–Crippen LogP) is 11.1. The smallest absolute Gasteiger partial charge is 0.220 e. The van der Waals surface area contributed by atoms with Crippen molar-refractivity contribution in [3.05, 3.63) is 158 Å². The van der Waals surface area contributed by atoms with Gasteiger partial charge in [-0.3, -0.25) is 4.79 Å². The number of nitrogens with one attached hydrogen (secondary N) is 1. The fourth-order valence-corrected chi connectivity index (χ4v) is 8.89. The summed E-state index contributed by atoms with van der Waals surface area (Å²) in [6, 6.07) is -0.952. The molecule has 0 aromatic heterocycles. The van der Waals surface area contributed by atoms with Crippen LogP contribution in [0.5, 0.6) is 0 Å². The van der Waals surface area contributed by atoms with E-state index in [0.717, 1.165) is 116 Å². The molecule has 0 aromatic carbocycles. The molecule has 2 aliphatic heterocycles. The number of amides is 1. The molecule has 0 aromatic rings. The van der Waals surface area contributed by atoms with Gasteiger partial charge in [-0.2, -0.15) is 0 Å². The second kappa shape index (κ2) is 51.1. The van der Waals surface area contributed by atoms with Gasteiger partial charge in [-0.05, 0) is 116 Å². The molecular weight excluding hydrogens is 1040 g/mol. The number of aliphatic hydroxyl groups is 8. The number of hydrogen-bond acceptors (Lipinski definition) is 13. The number of ether oxygens (including phenoxy) is 4. The average molecular weight is 1150 g/mol. The average Bonchev–Trinajstić information content (AvgIpc) is 3.24. The summed E-state index contributed by atoms with van der Waals surface area (Å²) in [6.45, 7) is 2.37. The molecule has 14 heteroatoms. The van der Waals surface area contributed by atoms with Crippen molar-refractivity contribution in [3.63, 3.8) is 0 Å². The van der Waals surface area contributed by atoms with E-state index in [-0.39, 0.29) is 18.9 Å². The fraction of sp³-hybridized carbons (Fsp3) is 0.603. The highest BCUT2D eigenvalue weighted by Crippen LogP contribution is 2.30. The monoisotopic (exact) mass is 1150 g/mol. The van der Waals surface area contributed by atoms with Crippen molar-refractivity contribution in [2.45, 2.75) is 242 Å². The van der Waals surface area contributed by atoms with Crippen LogP contribution in [0.2, 0.25) is 0 Å². The second-order valence-corrected chi connectivity index (χ2v) is 20.7. The summed E-state index contributed by atoms with van der Waals surface area (Å²) in [4.78, 5) is 13.2. The van der Waals surface area contributed by atoms with Gasteiger partial charge in [0.15, 0.2) is 12.6 Å². The molecule has 1 amide bonds. The summed E-state index contributed by atoms with van der Waals surface area (Å²) in [5.74, 6) is -0.274. The van der Waals surface area contributed by atoms with E-state index in [9.17, 15) is 45.6 Å². The fourth-order valence-electron chi connectivity index (χ4n) is 8.89. The van der Waals surface area contributed by atoms with Crippen LogP contribution in [0.3, 0.4) is 0 Å². The van der Waals surface area contributed by atoms with E-state index in [2.05, 4.69) is 152 Å². The van der Waals surface area contributed by atoms with Gasteiger partial charge in [0.2, 0.25) is 5.91 Å². The molecule has 2 saturated heterocycles. The lowest BCUT2D eigenvalue weighted by atomic mass is 9.97. The van der Waals surface area contributed by atoms with E-state index in [1.807, 2.05) is 19.1 Å².